The second-order valence-corrected chi connectivity index (χ2v) is 6.01. The van der Waals surface area contributed by atoms with E-state index in [4.69, 9.17) is 4.74 Å². The summed E-state index contributed by atoms with van der Waals surface area (Å²) < 4.78 is 5.06. The largest absolute Gasteiger partial charge is 0.444 e. The number of hydrogen-bond donors (Lipinski definition) is 2. The lowest BCUT2D eigenvalue weighted by atomic mass is 10.1. The highest BCUT2D eigenvalue weighted by Gasteiger charge is 2.17. The predicted molar refractivity (Wildman–Crippen MR) is 82.0 cm³/mol. The van der Waals surface area contributed by atoms with Crippen molar-refractivity contribution in [2.45, 2.75) is 45.8 Å². The quantitative estimate of drug-likeness (QED) is 0.874. The molecular formula is C16H24N2O3. The van der Waals surface area contributed by atoms with Gasteiger partial charge in [0.15, 0.2) is 0 Å². The van der Waals surface area contributed by atoms with Gasteiger partial charge in [0.1, 0.15) is 12.1 Å². The Balaban J connectivity index is 2.29. The number of benzene rings is 1. The van der Waals surface area contributed by atoms with Crippen molar-refractivity contribution in [2.75, 3.05) is 6.54 Å². The summed E-state index contributed by atoms with van der Waals surface area (Å²) in [5.41, 5.74) is 0.589. The number of ether oxygens (including phenoxy) is 1. The molecule has 0 aromatic heterocycles. The zero-order valence-electron chi connectivity index (χ0n) is 13.1. The van der Waals surface area contributed by atoms with Crippen LogP contribution in [-0.4, -0.2) is 30.2 Å². The number of rotatable bonds is 5. The molecule has 0 aliphatic carbocycles. The molecule has 0 aliphatic heterocycles. The minimum Gasteiger partial charge on any atom is -0.444 e. The summed E-state index contributed by atoms with van der Waals surface area (Å²) in [7, 11) is 0. The van der Waals surface area contributed by atoms with E-state index in [1.165, 1.54) is 0 Å². The van der Waals surface area contributed by atoms with Crippen LogP contribution in [0.4, 0.5) is 4.79 Å². The van der Waals surface area contributed by atoms with E-state index >= 15 is 0 Å². The number of amides is 2. The maximum atomic E-state index is 11.7. The van der Waals surface area contributed by atoms with Crippen LogP contribution in [0.5, 0.6) is 0 Å². The van der Waals surface area contributed by atoms with Crippen LogP contribution < -0.4 is 10.6 Å². The van der Waals surface area contributed by atoms with Crippen LogP contribution in [0.2, 0.25) is 0 Å². The molecule has 0 aliphatic rings. The molecule has 0 radical (unpaired) electrons. The topological polar surface area (TPSA) is 67.4 Å². The van der Waals surface area contributed by atoms with Crippen LogP contribution in [0.25, 0.3) is 0 Å². The summed E-state index contributed by atoms with van der Waals surface area (Å²) in [6.45, 7) is 7.16. The molecular weight excluding hydrogens is 268 g/mol. The standard InChI is InChI=1S/C16H24N2O3/c1-12(10-13-8-6-5-7-9-13)18-14(19)11-17-15(20)21-16(2,3)4/h5-9,12H,10-11H2,1-4H3,(H,17,20)(H,18,19). The third-order valence-corrected chi connectivity index (χ3v) is 2.58. The Morgan fingerprint density at radius 2 is 1.81 bits per heavy atom. The van der Waals surface area contributed by atoms with E-state index in [-0.39, 0.29) is 18.5 Å². The van der Waals surface area contributed by atoms with Crippen LogP contribution >= 0.6 is 0 Å². The summed E-state index contributed by atoms with van der Waals surface area (Å²) >= 11 is 0. The van der Waals surface area contributed by atoms with Crippen molar-refractivity contribution in [3.8, 4) is 0 Å². The first-order chi connectivity index (χ1) is 9.76. The maximum absolute atomic E-state index is 11.7. The molecule has 2 amide bonds. The second kappa shape index (κ2) is 7.67. The van der Waals surface area contributed by atoms with Gasteiger partial charge in [-0.3, -0.25) is 4.79 Å². The van der Waals surface area contributed by atoms with Gasteiger partial charge in [0, 0.05) is 6.04 Å². The minimum absolute atomic E-state index is 0.000312. The molecule has 116 valence electrons. The van der Waals surface area contributed by atoms with Gasteiger partial charge in [0.05, 0.1) is 0 Å². The lowest BCUT2D eigenvalue weighted by molar-refractivity contribution is -0.120. The van der Waals surface area contributed by atoms with Crippen molar-refractivity contribution in [3.05, 3.63) is 35.9 Å². The molecule has 1 unspecified atom stereocenters. The van der Waals surface area contributed by atoms with Crippen LogP contribution in [0.3, 0.4) is 0 Å². The second-order valence-electron chi connectivity index (χ2n) is 6.01. The highest BCUT2D eigenvalue weighted by molar-refractivity contribution is 5.82. The van der Waals surface area contributed by atoms with Gasteiger partial charge in [-0.2, -0.15) is 0 Å². The van der Waals surface area contributed by atoms with Crippen LogP contribution in [0.1, 0.15) is 33.3 Å². The molecule has 0 saturated heterocycles. The first-order valence-corrected chi connectivity index (χ1v) is 7.06. The van der Waals surface area contributed by atoms with E-state index in [9.17, 15) is 9.59 Å². The predicted octanol–water partition coefficient (Wildman–Crippen LogP) is 2.26. The Labute approximate surface area is 126 Å². The van der Waals surface area contributed by atoms with E-state index < -0.39 is 11.7 Å². The van der Waals surface area contributed by atoms with Crippen molar-refractivity contribution in [2.24, 2.45) is 0 Å². The third-order valence-electron chi connectivity index (χ3n) is 2.58. The smallest absolute Gasteiger partial charge is 0.408 e. The van der Waals surface area contributed by atoms with Gasteiger partial charge in [-0.05, 0) is 39.7 Å². The Morgan fingerprint density at radius 3 is 2.38 bits per heavy atom. The number of alkyl carbamates (subject to hydrolysis) is 1. The fraction of sp³-hybridized carbons (Fsp3) is 0.500. The molecule has 1 atom stereocenters. The van der Waals surface area contributed by atoms with Gasteiger partial charge in [-0.15, -0.1) is 0 Å². The van der Waals surface area contributed by atoms with Crippen molar-refractivity contribution >= 4 is 12.0 Å². The Morgan fingerprint density at radius 1 is 1.19 bits per heavy atom. The number of carbonyl (C=O) groups is 2. The summed E-state index contributed by atoms with van der Waals surface area (Å²) in [5, 5.41) is 5.27. The first-order valence-electron chi connectivity index (χ1n) is 7.06. The molecule has 21 heavy (non-hydrogen) atoms. The minimum atomic E-state index is -0.589. The lowest BCUT2D eigenvalue weighted by Gasteiger charge is -2.20. The van der Waals surface area contributed by atoms with Gasteiger partial charge in [0.25, 0.3) is 0 Å². The molecule has 1 aromatic carbocycles. The lowest BCUT2D eigenvalue weighted by Crippen LogP contribution is -2.43. The van der Waals surface area contributed by atoms with Crippen molar-refractivity contribution in [1.82, 2.24) is 10.6 Å². The molecule has 0 saturated carbocycles. The summed E-state index contributed by atoms with van der Waals surface area (Å²) in [6, 6.07) is 9.92. The van der Waals surface area contributed by atoms with E-state index in [1.54, 1.807) is 20.8 Å². The van der Waals surface area contributed by atoms with Gasteiger partial charge in [-0.25, -0.2) is 4.79 Å². The van der Waals surface area contributed by atoms with Crippen molar-refractivity contribution < 1.29 is 14.3 Å². The van der Waals surface area contributed by atoms with Gasteiger partial charge in [0.2, 0.25) is 5.91 Å². The molecule has 1 aromatic rings. The van der Waals surface area contributed by atoms with Gasteiger partial charge >= 0.3 is 6.09 Å². The van der Waals surface area contributed by atoms with Crippen LogP contribution in [-0.2, 0) is 16.0 Å². The highest BCUT2D eigenvalue weighted by atomic mass is 16.6. The number of hydrogen-bond acceptors (Lipinski definition) is 3. The van der Waals surface area contributed by atoms with E-state index in [0.29, 0.717) is 0 Å². The molecule has 0 spiro atoms. The SMILES string of the molecule is CC(Cc1ccccc1)NC(=O)CNC(=O)OC(C)(C)C. The average Bonchev–Trinajstić information content (AvgIpc) is 2.35. The van der Waals surface area contributed by atoms with E-state index in [0.717, 1.165) is 12.0 Å². The van der Waals surface area contributed by atoms with E-state index in [1.807, 2.05) is 37.3 Å². The van der Waals surface area contributed by atoms with Gasteiger partial charge < -0.3 is 15.4 Å². The van der Waals surface area contributed by atoms with Crippen molar-refractivity contribution in [3.63, 3.8) is 0 Å². The molecule has 0 fully saturated rings. The maximum Gasteiger partial charge on any atom is 0.408 e. The normalized spacial score (nSPS) is 12.4. The fourth-order valence-electron chi connectivity index (χ4n) is 1.81. The number of nitrogens with one attached hydrogen (secondary N) is 2. The molecule has 2 N–H and O–H groups in total. The average molecular weight is 292 g/mol. The summed E-state index contributed by atoms with van der Waals surface area (Å²) in [4.78, 5) is 23.2. The number of carbonyl (C=O) groups excluding carboxylic acids is 2. The molecule has 5 heteroatoms. The van der Waals surface area contributed by atoms with Gasteiger partial charge in [-0.1, -0.05) is 30.3 Å². The van der Waals surface area contributed by atoms with Crippen LogP contribution in [0.15, 0.2) is 30.3 Å². The molecule has 0 bridgehead atoms. The van der Waals surface area contributed by atoms with Crippen LogP contribution in [0, 0.1) is 0 Å². The Hall–Kier alpha value is -2.04. The fourth-order valence-corrected chi connectivity index (χ4v) is 1.81. The third kappa shape index (κ3) is 7.97. The highest BCUT2D eigenvalue weighted by Crippen LogP contribution is 2.06. The molecule has 5 nitrogen and oxygen atoms in total. The monoisotopic (exact) mass is 292 g/mol. The zero-order valence-corrected chi connectivity index (χ0v) is 13.1. The first kappa shape index (κ1) is 17.0. The summed E-state index contributed by atoms with van der Waals surface area (Å²) in [6.07, 6.45) is 0.160. The summed E-state index contributed by atoms with van der Waals surface area (Å²) in [5.74, 6) is -0.232. The zero-order chi connectivity index (χ0) is 15.9. The molecule has 0 heterocycles. The Bertz CT molecular complexity index is 466. The van der Waals surface area contributed by atoms with Crippen molar-refractivity contribution in [1.29, 1.82) is 0 Å². The Kier molecular flexibility index (Phi) is 6.21. The van der Waals surface area contributed by atoms with E-state index in [2.05, 4.69) is 10.6 Å². The molecule has 1 rings (SSSR count).